The Labute approximate surface area is 160 Å². The molecule has 6 heteroatoms. The van der Waals surface area contributed by atoms with Crippen molar-refractivity contribution in [2.24, 2.45) is 5.92 Å². The Morgan fingerprint density at radius 2 is 1.96 bits per heavy atom. The van der Waals surface area contributed by atoms with Crippen molar-refractivity contribution in [3.05, 3.63) is 41.5 Å². The molecule has 6 nitrogen and oxygen atoms in total. The molecule has 2 aromatic rings. The van der Waals surface area contributed by atoms with Crippen LogP contribution >= 0.6 is 0 Å². The van der Waals surface area contributed by atoms with Crippen LogP contribution in [0.3, 0.4) is 0 Å². The summed E-state index contributed by atoms with van der Waals surface area (Å²) in [6.45, 7) is 2.97. The Morgan fingerprint density at radius 1 is 1.22 bits per heavy atom. The highest BCUT2D eigenvalue weighted by molar-refractivity contribution is 5.78. The minimum atomic E-state index is 0.192. The first kappa shape index (κ1) is 19.4. The van der Waals surface area contributed by atoms with Crippen LogP contribution in [-0.4, -0.2) is 34.5 Å². The van der Waals surface area contributed by atoms with Crippen LogP contribution in [0.15, 0.2) is 28.8 Å². The molecule has 1 heterocycles. The summed E-state index contributed by atoms with van der Waals surface area (Å²) in [6.07, 6.45) is 7.22. The molecule has 1 aliphatic rings. The van der Waals surface area contributed by atoms with Crippen LogP contribution < -0.4 is 4.74 Å². The maximum atomic E-state index is 12.5. The predicted octanol–water partition coefficient (Wildman–Crippen LogP) is 3.79. The van der Waals surface area contributed by atoms with Gasteiger partial charge >= 0.3 is 0 Å². The Kier molecular flexibility index (Phi) is 6.85. The fourth-order valence-electron chi connectivity index (χ4n) is 3.46. The topological polar surface area (TPSA) is 68.5 Å². The van der Waals surface area contributed by atoms with Crippen molar-refractivity contribution in [2.45, 2.75) is 58.5 Å². The maximum Gasteiger partial charge on any atom is 0.264 e. The fraction of sp³-hybridized carbons (Fsp3) is 0.571. The van der Waals surface area contributed by atoms with Crippen molar-refractivity contribution in [1.29, 1.82) is 0 Å². The second-order valence-corrected chi connectivity index (χ2v) is 7.24. The first-order valence-electron chi connectivity index (χ1n) is 9.94. The summed E-state index contributed by atoms with van der Waals surface area (Å²) >= 11 is 0. The first-order valence-corrected chi connectivity index (χ1v) is 9.94. The Hall–Kier alpha value is -2.37. The lowest BCUT2D eigenvalue weighted by atomic mass is 9.88. The molecule has 0 N–H and O–H groups in total. The van der Waals surface area contributed by atoms with E-state index >= 15 is 0 Å². The lowest BCUT2D eigenvalue weighted by Crippen LogP contribution is -2.35. The summed E-state index contributed by atoms with van der Waals surface area (Å²) in [7, 11) is 1.86. The molecule has 3 rings (SSSR count). The van der Waals surface area contributed by atoms with Gasteiger partial charge in [-0.3, -0.25) is 4.79 Å². The fourth-order valence-corrected chi connectivity index (χ4v) is 3.46. The number of ether oxygens (including phenoxy) is 1. The van der Waals surface area contributed by atoms with Crippen molar-refractivity contribution in [1.82, 2.24) is 15.0 Å². The van der Waals surface area contributed by atoms with E-state index in [1.807, 2.05) is 31.3 Å². The number of aryl methyl sites for hydroxylation is 1. The van der Waals surface area contributed by atoms with E-state index in [-0.39, 0.29) is 18.4 Å². The van der Waals surface area contributed by atoms with Crippen molar-refractivity contribution >= 4 is 5.91 Å². The van der Waals surface area contributed by atoms with Crippen LogP contribution in [0, 0.1) is 5.92 Å². The summed E-state index contributed by atoms with van der Waals surface area (Å²) < 4.78 is 10.9. The maximum absolute atomic E-state index is 12.5. The highest BCUT2D eigenvalue weighted by Gasteiger charge is 2.24. The summed E-state index contributed by atoms with van der Waals surface area (Å²) in [4.78, 5) is 18.6. The molecule has 0 atom stereocenters. The van der Waals surface area contributed by atoms with E-state index in [0.717, 1.165) is 25.0 Å². The molecule has 0 saturated heterocycles. The van der Waals surface area contributed by atoms with E-state index in [9.17, 15) is 4.79 Å². The van der Waals surface area contributed by atoms with Gasteiger partial charge in [0.1, 0.15) is 5.75 Å². The van der Waals surface area contributed by atoms with E-state index in [1.165, 1.54) is 24.8 Å². The van der Waals surface area contributed by atoms with E-state index in [0.29, 0.717) is 24.7 Å². The van der Waals surface area contributed by atoms with E-state index in [2.05, 4.69) is 17.1 Å². The molecule has 1 aromatic heterocycles. The van der Waals surface area contributed by atoms with E-state index in [4.69, 9.17) is 9.26 Å². The third kappa shape index (κ3) is 5.55. The van der Waals surface area contributed by atoms with E-state index < -0.39 is 0 Å². The van der Waals surface area contributed by atoms with Gasteiger partial charge in [0.05, 0.1) is 0 Å². The summed E-state index contributed by atoms with van der Waals surface area (Å²) in [5, 5.41) is 4.00. The monoisotopic (exact) mass is 371 g/mol. The van der Waals surface area contributed by atoms with Crippen molar-refractivity contribution in [2.75, 3.05) is 13.6 Å². The number of rotatable bonds is 8. The van der Waals surface area contributed by atoms with Gasteiger partial charge in [-0.15, -0.1) is 0 Å². The van der Waals surface area contributed by atoms with Gasteiger partial charge in [0.15, 0.2) is 12.4 Å². The normalized spacial score (nSPS) is 14.9. The van der Waals surface area contributed by atoms with Crippen LogP contribution in [-0.2, 0) is 24.2 Å². The molecule has 1 saturated carbocycles. The molecular weight excluding hydrogens is 342 g/mol. The second kappa shape index (κ2) is 9.53. The Bertz CT molecular complexity index is 721. The minimum Gasteiger partial charge on any atom is -0.484 e. The standard InChI is InChI=1S/C21H29N3O3/c1-3-16-9-11-18(12-10-16)26-15-20-22-19(23-27-20)13-14-24(2)21(25)17-7-5-4-6-8-17/h9-12,17H,3-8,13-15H2,1-2H3. The Balaban J connectivity index is 1.43. The summed E-state index contributed by atoms with van der Waals surface area (Å²) in [5.41, 5.74) is 1.27. The number of aromatic nitrogens is 2. The third-order valence-electron chi connectivity index (χ3n) is 5.21. The van der Waals surface area contributed by atoms with E-state index in [1.54, 1.807) is 4.90 Å². The zero-order valence-corrected chi connectivity index (χ0v) is 16.3. The highest BCUT2D eigenvalue weighted by Crippen LogP contribution is 2.25. The van der Waals surface area contributed by atoms with Gasteiger partial charge in [-0.2, -0.15) is 4.98 Å². The molecule has 1 aromatic carbocycles. The zero-order chi connectivity index (χ0) is 19.1. The first-order chi connectivity index (χ1) is 13.2. The molecule has 27 heavy (non-hydrogen) atoms. The zero-order valence-electron chi connectivity index (χ0n) is 16.3. The molecule has 0 unspecified atom stereocenters. The lowest BCUT2D eigenvalue weighted by Gasteiger charge is -2.26. The summed E-state index contributed by atoms with van der Waals surface area (Å²) in [6, 6.07) is 7.99. The average Bonchev–Trinajstić information content (AvgIpc) is 3.19. The number of hydrogen-bond donors (Lipinski definition) is 0. The van der Waals surface area contributed by atoms with Gasteiger partial charge in [-0.25, -0.2) is 0 Å². The SMILES string of the molecule is CCc1ccc(OCc2nc(CCN(C)C(=O)C3CCCCC3)no2)cc1. The number of likely N-dealkylation sites (N-methyl/N-ethyl adjacent to an activating group) is 1. The lowest BCUT2D eigenvalue weighted by molar-refractivity contribution is -0.135. The number of carbonyl (C=O) groups is 1. The molecule has 1 fully saturated rings. The van der Waals surface area contributed by atoms with Crippen LogP contribution in [0.5, 0.6) is 5.75 Å². The highest BCUT2D eigenvalue weighted by atomic mass is 16.5. The molecule has 1 aliphatic carbocycles. The molecule has 1 amide bonds. The average molecular weight is 371 g/mol. The van der Waals surface area contributed by atoms with Crippen LogP contribution in [0.2, 0.25) is 0 Å². The molecule has 0 radical (unpaired) electrons. The Morgan fingerprint density at radius 3 is 2.67 bits per heavy atom. The van der Waals surface area contributed by atoms with Gasteiger partial charge in [0.25, 0.3) is 5.89 Å². The smallest absolute Gasteiger partial charge is 0.264 e. The predicted molar refractivity (Wildman–Crippen MR) is 102 cm³/mol. The van der Waals surface area contributed by atoms with Gasteiger partial charge in [-0.1, -0.05) is 43.5 Å². The van der Waals surface area contributed by atoms with Crippen LogP contribution in [0.1, 0.15) is 56.3 Å². The van der Waals surface area contributed by atoms with Gasteiger partial charge in [0, 0.05) is 25.9 Å². The number of nitrogens with zero attached hydrogens (tertiary/aromatic N) is 3. The van der Waals surface area contributed by atoms with Gasteiger partial charge in [-0.05, 0) is 37.0 Å². The number of amides is 1. The third-order valence-corrected chi connectivity index (χ3v) is 5.21. The number of hydrogen-bond acceptors (Lipinski definition) is 5. The van der Waals surface area contributed by atoms with Crippen molar-refractivity contribution in [3.8, 4) is 5.75 Å². The quantitative estimate of drug-likeness (QED) is 0.706. The largest absolute Gasteiger partial charge is 0.484 e. The molecule has 0 bridgehead atoms. The number of benzene rings is 1. The van der Waals surface area contributed by atoms with Gasteiger partial charge < -0.3 is 14.2 Å². The molecule has 0 aliphatic heterocycles. The molecule has 0 spiro atoms. The molecular formula is C21H29N3O3. The van der Waals surface area contributed by atoms with Gasteiger partial charge in [0.2, 0.25) is 5.91 Å². The van der Waals surface area contributed by atoms with Crippen LogP contribution in [0.25, 0.3) is 0 Å². The van der Waals surface area contributed by atoms with Crippen LogP contribution in [0.4, 0.5) is 0 Å². The summed E-state index contributed by atoms with van der Waals surface area (Å²) in [5.74, 6) is 2.28. The van der Waals surface area contributed by atoms with Crippen molar-refractivity contribution in [3.63, 3.8) is 0 Å². The van der Waals surface area contributed by atoms with Crippen molar-refractivity contribution < 1.29 is 14.1 Å². The minimum absolute atomic E-state index is 0.192. The second-order valence-electron chi connectivity index (χ2n) is 7.24. The number of carbonyl (C=O) groups excluding carboxylic acids is 1. The molecule has 146 valence electrons.